The summed E-state index contributed by atoms with van der Waals surface area (Å²) < 4.78 is 0. The molecule has 1 aromatic heterocycles. The van der Waals surface area contributed by atoms with Gasteiger partial charge in [0, 0.05) is 6.07 Å². The Bertz CT molecular complexity index is 327. The quantitative estimate of drug-likeness (QED) is 0.661. The highest BCUT2D eigenvalue weighted by Crippen LogP contribution is 2.14. The Morgan fingerprint density at radius 1 is 1.57 bits per heavy atom. The summed E-state index contributed by atoms with van der Waals surface area (Å²) in [5.41, 5.74) is 0. The first-order chi connectivity index (χ1) is 6.61. The van der Waals surface area contributed by atoms with Crippen LogP contribution in [-0.2, 0) is 4.79 Å². The first kappa shape index (κ1) is 11.6. The van der Waals surface area contributed by atoms with E-state index in [-0.39, 0.29) is 16.3 Å². The highest BCUT2D eigenvalue weighted by atomic mass is 35.5. The molecular formula is C7H7Cl2N3OS. The van der Waals surface area contributed by atoms with Gasteiger partial charge in [-0.1, -0.05) is 11.6 Å². The standard InChI is InChI=1S/C7H7Cl2N3OS/c1-14-3-6(13)11-5-2-4(8)10-7(9)12-5/h2H,3H2,1H3,(H,10,11,12,13). The highest BCUT2D eigenvalue weighted by molar-refractivity contribution is 7.99. The van der Waals surface area contributed by atoms with E-state index in [1.54, 1.807) is 0 Å². The predicted molar refractivity (Wildman–Crippen MR) is 59.1 cm³/mol. The zero-order valence-corrected chi connectivity index (χ0v) is 9.58. The highest BCUT2D eigenvalue weighted by Gasteiger charge is 2.04. The minimum atomic E-state index is -0.150. The molecule has 0 unspecified atom stereocenters. The summed E-state index contributed by atoms with van der Waals surface area (Å²) >= 11 is 12.6. The minimum absolute atomic E-state index is 0.0111. The molecule has 1 rings (SSSR count). The Kier molecular flexibility index (Phi) is 4.44. The first-order valence-electron chi connectivity index (χ1n) is 3.60. The Morgan fingerprint density at radius 3 is 2.86 bits per heavy atom. The van der Waals surface area contributed by atoms with Crippen molar-refractivity contribution >= 4 is 46.7 Å². The van der Waals surface area contributed by atoms with E-state index in [4.69, 9.17) is 23.2 Å². The summed E-state index contributed by atoms with van der Waals surface area (Å²) in [6, 6.07) is 1.44. The van der Waals surface area contributed by atoms with Crippen molar-refractivity contribution in [3.63, 3.8) is 0 Å². The summed E-state index contributed by atoms with van der Waals surface area (Å²) in [6.45, 7) is 0. The van der Waals surface area contributed by atoms with Gasteiger partial charge in [-0.2, -0.15) is 11.8 Å². The summed E-state index contributed by atoms with van der Waals surface area (Å²) in [6.07, 6.45) is 1.83. The van der Waals surface area contributed by atoms with Crippen molar-refractivity contribution in [2.75, 3.05) is 17.3 Å². The van der Waals surface area contributed by atoms with Crippen molar-refractivity contribution in [3.8, 4) is 0 Å². The van der Waals surface area contributed by atoms with Crippen LogP contribution in [0.2, 0.25) is 10.4 Å². The van der Waals surface area contributed by atoms with Gasteiger partial charge in [0.1, 0.15) is 11.0 Å². The van der Waals surface area contributed by atoms with Crippen LogP contribution in [-0.4, -0.2) is 27.9 Å². The van der Waals surface area contributed by atoms with Crippen LogP contribution in [0, 0.1) is 0 Å². The molecule has 0 aliphatic rings. The number of hydrogen-bond donors (Lipinski definition) is 1. The third kappa shape index (κ3) is 3.69. The van der Waals surface area contributed by atoms with Crippen molar-refractivity contribution in [1.29, 1.82) is 0 Å². The van der Waals surface area contributed by atoms with Crippen LogP contribution in [0.15, 0.2) is 6.07 Å². The lowest BCUT2D eigenvalue weighted by molar-refractivity contribution is -0.113. The number of anilines is 1. The van der Waals surface area contributed by atoms with Gasteiger partial charge in [-0.25, -0.2) is 9.97 Å². The molecule has 0 saturated carbocycles. The average Bonchev–Trinajstić information content (AvgIpc) is 2.01. The maximum atomic E-state index is 11.2. The molecule has 1 N–H and O–H groups in total. The average molecular weight is 252 g/mol. The maximum Gasteiger partial charge on any atom is 0.235 e. The first-order valence-corrected chi connectivity index (χ1v) is 5.75. The molecule has 0 bridgehead atoms. The molecule has 1 aromatic rings. The summed E-state index contributed by atoms with van der Waals surface area (Å²) in [5.74, 6) is 0.525. The number of thioether (sulfide) groups is 1. The fourth-order valence-electron chi connectivity index (χ4n) is 0.764. The SMILES string of the molecule is CSCC(=O)Nc1cc(Cl)nc(Cl)n1. The zero-order valence-electron chi connectivity index (χ0n) is 7.25. The zero-order chi connectivity index (χ0) is 10.6. The monoisotopic (exact) mass is 251 g/mol. The smallest absolute Gasteiger partial charge is 0.235 e. The van der Waals surface area contributed by atoms with E-state index in [1.165, 1.54) is 17.8 Å². The third-order valence-electron chi connectivity index (χ3n) is 1.21. The van der Waals surface area contributed by atoms with Gasteiger partial charge in [-0.15, -0.1) is 0 Å². The van der Waals surface area contributed by atoms with Crippen molar-refractivity contribution in [1.82, 2.24) is 9.97 Å². The molecule has 0 fully saturated rings. The van der Waals surface area contributed by atoms with E-state index in [9.17, 15) is 4.79 Å². The molecule has 0 saturated heterocycles. The Labute approximate surface area is 95.4 Å². The van der Waals surface area contributed by atoms with E-state index in [0.717, 1.165) is 0 Å². The van der Waals surface area contributed by atoms with Gasteiger partial charge in [-0.05, 0) is 17.9 Å². The van der Waals surface area contributed by atoms with Gasteiger partial charge in [0.15, 0.2) is 0 Å². The second kappa shape index (κ2) is 5.38. The maximum absolute atomic E-state index is 11.2. The number of halogens is 2. The largest absolute Gasteiger partial charge is 0.310 e. The summed E-state index contributed by atoms with van der Waals surface area (Å²) in [5, 5.41) is 2.75. The van der Waals surface area contributed by atoms with E-state index in [0.29, 0.717) is 11.6 Å². The molecular weight excluding hydrogens is 245 g/mol. The molecule has 0 aliphatic carbocycles. The molecule has 76 valence electrons. The second-order valence-electron chi connectivity index (χ2n) is 2.33. The Balaban J connectivity index is 2.71. The van der Waals surface area contributed by atoms with Gasteiger partial charge in [0.05, 0.1) is 5.75 Å². The fourth-order valence-corrected chi connectivity index (χ4v) is 1.51. The lowest BCUT2D eigenvalue weighted by Gasteiger charge is -2.03. The second-order valence-corrected chi connectivity index (χ2v) is 3.92. The van der Waals surface area contributed by atoms with Gasteiger partial charge in [0.2, 0.25) is 11.2 Å². The van der Waals surface area contributed by atoms with Crippen LogP contribution in [0.25, 0.3) is 0 Å². The summed E-state index contributed by atoms with van der Waals surface area (Å²) in [7, 11) is 0. The van der Waals surface area contributed by atoms with E-state index < -0.39 is 0 Å². The number of carbonyl (C=O) groups is 1. The molecule has 1 amide bonds. The molecule has 0 aromatic carbocycles. The van der Waals surface area contributed by atoms with Crippen molar-refractivity contribution in [2.24, 2.45) is 0 Å². The number of hydrogen-bond acceptors (Lipinski definition) is 4. The van der Waals surface area contributed by atoms with E-state index in [2.05, 4.69) is 15.3 Å². The third-order valence-corrected chi connectivity index (χ3v) is 2.12. The van der Waals surface area contributed by atoms with E-state index >= 15 is 0 Å². The predicted octanol–water partition coefficient (Wildman–Crippen LogP) is 2.08. The van der Waals surface area contributed by atoms with Crippen LogP contribution in [0.5, 0.6) is 0 Å². The fraction of sp³-hybridized carbons (Fsp3) is 0.286. The molecule has 0 spiro atoms. The van der Waals surface area contributed by atoms with Crippen LogP contribution >= 0.6 is 35.0 Å². The molecule has 14 heavy (non-hydrogen) atoms. The number of nitrogens with zero attached hydrogens (tertiary/aromatic N) is 2. The lowest BCUT2D eigenvalue weighted by Crippen LogP contribution is -2.15. The molecule has 0 radical (unpaired) electrons. The number of carbonyl (C=O) groups excluding carboxylic acids is 1. The lowest BCUT2D eigenvalue weighted by atomic mass is 10.5. The number of amides is 1. The molecule has 0 atom stereocenters. The van der Waals surface area contributed by atoms with Gasteiger partial charge in [0.25, 0.3) is 0 Å². The number of aromatic nitrogens is 2. The molecule has 7 heteroatoms. The molecule has 4 nitrogen and oxygen atoms in total. The van der Waals surface area contributed by atoms with Crippen LogP contribution in [0.4, 0.5) is 5.82 Å². The van der Waals surface area contributed by atoms with Crippen molar-refractivity contribution in [3.05, 3.63) is 16.5 Å². The van der Waals surface area contributed by atoms with Gasteiger partial charge >= 0.3 is 0 Å². The normalized spacial score (nSPS) is 9.93. The van der Waals surface area contributed by atoms with E-state index in [1.807, 2.05) is 6.26 Å². The van der Waals surface area contributed by atoms with Crippen LogP contribution < -0.4 is 5.32 Å². The number of nitrogens with one attached hydrogen (secondary N) is 1. The minimum Gasteiger partial charge on any atom is -0.310 e. The van der Waals surface area contributed by atoms with Gasteiger partial charge in [-0.3, -0.25) is 4.79 Å². The topological polar surface area (TPSA) is 54.9 Å². The molecule has 0 aliphatic heterocycles. The Hall–Kier alpha value is -0.520. The van der Waals surface area contributed by atoms with Crippen molar-refractivity contribution < 1.29 is 4.79 Å². The van der Waals surface area contributed by atoms with Crippen molar-refractivity contribution in [2.45, 2.75) is 0 Å². The Morgan fingerprint density at radius 2 is 2.29 bits per heavy atom. The summed E-state index contributed by atoms with van der Waals surface area (Å²) in [4.78, 5) is 18.6. The van der Waals surface area contributed by atoms with Gasteiger partial charge < -0.3 is 5.32 Å². The van der Waals surface area contributed by atoms with Crippen LogP contribution in [0.3, 0.4) is 0 Å². The number of rotatable bonds is 3. The van der Waals surface area contributed by atoms with Crippen LogP contribution in [0.1, 0.15) is 0 Å². The molecule has 1 heterocycles.